The Hall–Kier alpha value is -0.660. The van der Waals surface area contributed by atoms with Gasteiger partial charge in [0.15, 0.2) is 0 Å². The summed E-state index contributed by atoms with van der Waals surface area (Å²) in [5, 5.41) is 6.35. The van der Waals surface area contributed by atoms with E-state index < -0.39 is 10.0 Å². The summed E-state index contributed by atoms with van der Waals surface area (Å²) in [6, 6.07) is 1.20. The van der Waals surface area contributed by atoms with Gasteiger partial charge >= 0.3 is 0 Å². The summed E-state index contributed by atoms with van der Waals surface area (Å²) >= 11 is 0. The SMILES string of the molecule is CCS(=O)(=O)NCCNC(=O)CC1CC2CCC(C1)N2. The van der Waals surface area contributed by atoms with E-state index in [1.165, 1.54) is 12.8 Å². The minimum Gasteiger partial charge on any atom is -0.355 e. The molecule has 0 aromatic heterocycles. The van der Waals surface area contributed by atoms with Crippen LogP contribution in [0.2, 0.25) is 0 Å². The highest BCUT2D eigenvalue weighted by Gasteiger charge is 2.33. The maximum absolute atomic E-state index is 11.8. The highest BCUT2D eigenvalue weighted by atomic mass is 32.2. The average molecular weight is 303 g/mol. The molecule has 2 aliphatic heterocycles. The summed E-state index contributed by atoms with van der Waals surface area (Å²) in [6.45, 7) is 2.21. The molecule has 0 aromatic rings. The normalized spacial score (nSPS) is 29.4. The molecule has 2 unspecified atom stereocenters. The van der Waals surface area contributed by atoms with Crippen LogP contribution in [0.4, 0.5) is 0 Å². The van der Waals surface area contributed by atoms with Crippen molar-refractivity contribution in [1.29, 1.82) is 0 Å². The molecule has 2 heterocycles. The Morgan fingerprint density at radius 1 is 1.20 bits per heavy atom. The van der Waals surface area contributed by atoms with E-state index in [-0.39, 0.29) is 18.2 Å². The second kappa shape index (κ2) is 6.87. The lowest BCUT2D eigenvalue weighted by molar-refractivity contribution is -0.122. The molecule has 0 radical (unpaired) electrons. The van der Waals surface area contributed by atoms with Crippen molar-refractivity contribution in [2.45, 2.75) is 51.1 Å². The Kier molecular flexibility index (Phi) is 5.40. The number of carbonyl (C=O) groups excluding carboxylic acids is 1. The van der Waals surface area contributed by atoms with E-state index in [0.717, 1.165) is 12.8 Å². The number of carbonyl (C=O) groups is 1. The zero-order valence-corrected chi connectivity index (χ0v) is 12.8. The minimum atomic E-state index is -3.16. The van der Waals surface area contributed by atoms with Gasteiger partial charge in [0, 0.05) is 31.6 Å². The Morgan fingerprint density at radius 2 is 1.85 bits per heavy atom. The maximum Gasteiger partial charge on any atom is 0.220 e. The molecule has 0 aliphatic carbocycles. The topological polar surface area (TPSA) is 87.3 Å². The van der Waals surface area contributed by atoms with Crippen LogP contribution in [0.25, 0.3) is 0 Å². The Morgan fingerprint density at radius 3 is 2.45 bits per heavy atom. The molecule has 7 heteroatoms. The first-order valence-corrected chi connectivity index (χ1v) is 9.14. The molecule has 2 aliphatic rings. The monoisotopic (exact) mass is 303 g/mol. The largest absolute Gasteiger partial charge is 0.355 e. The molecule has 2 rings (SSSR count). The molecule has 1 amide bonds. The molecule has 2 saturated heterocycles. The summed E-state index contributed by atoms with van der Waals surface area (Å²) in [4.78, 5) is 11.8. The van der Waals surface area contributed by atoms with Crippen LogP contribution in [-0.4, -0.2) is 45.3 Å². The van der Waals surface area contributed by atoms with Gasteiger partial charge in [-0.05, 0) is 38.5 Å². The van der Waals surface area contributed by atoms with E-state index in [4.69, 9.17) is 0 Å². The van der Waals surface area contributed by atoms with E-state index in [1.54, 1.807) is 6.92 Å². The summed E-state index contributed by atoms with van der Waals surface area (Å²) in [6.07, 6.45) is 5.22. The van der Waals surface area contributed by atoms with Crippen LogP contribution in [0.15, 0.2) is 0 Å². The lowest BCUT2D eigenvalue weighted by atomic mass is 9.89. The van der Waals surface area contributed by atoms with Crippen LogP contribution >= 0.6 is 0 Å². The second-order valence-corrected chi connectivity index (χ2v) is 7.92. The fourth-order valence-electron chi connectivity index (χ4n) is 3.19. The predicted molar refractivity (Wildman–Crippen MR) is 77.8 cm³/mol. The van der Waals surface area contributed by atoms with E-state index >= 15 is 0 Å². The van der Waals surface area contributed by atoms with Crippen molar-refractivity contribution >= 4 is 15.9 Å². The van der Waals surface area contributed by atoms with Gasteiger partial charge in [0.2, 0.25) is 15.9 Å². The summed E-state index contributed by atoms with van der Waals surface area (Å²) < 4.78 is 24.9. The zero-order chi connectivity index (χ0) is 14.6. The molecule has 2 fully saturated rings. The molecule has 2 bridgehead atoms. The number of sulfonamides is 1. The standard InChI is InChI=1S/C13H25N3O3S/c1-2-20(18,19)15-6-5-14-13(17)9-10-7-11-3-4-12(8-10)16-11/h10-12,15-16H,2-9H2,1H3,(H,14,17). The van der Waals surface area contributed by atoms with Crippen LogP contribution in [0.5, 0.6) is 0 Å². The molecule has 2 atom stereocenters. The predicted octanol–water partition coefficient (Wildman–Crippen LogP) is -0.0374. The third kappa shape index (κ3) is 4.71. The molecule has 3 N–H and O–H groups in total. The zero-order valence-electron chi connectivity index (χ0n) is 12.0. The van der Waals surface area contributed by atoms with E-state index in [1.807, 2.05) is 0 Å². The minimum absolute atomic E-state index is 0.0343. The fraction of sp³-hybridized carbons (Fsp3) is 0.923. The van der Waals surface area contributed by atoms with Crippen LogP contribution < -0.4 is 15.4 Å². The first-order chi connectivity index (χ1) is 9.48. The highest BCUT2D eigenvalue weighted by Crippen LogP contribution is 2.32. The molecular formula is C13H25N3O3S. The Bertz CT molecular complexity index is 426. The third-order valence-electron chi connectivity index (χ3n) is 4.19. The van der Waals surface area contributed by atoms with Crippen molar-refractivity contribution in [2.24, 2.45) is 5.92 Å². The third-order valence-corrected chi connectivity index (χ3v) is 5.60. The Balaban J connectivity index is 1.61. The van der Waals surface area contributed by atoms with Crippen molar-refractivity contribution in [1.82, 2.24) is 15.4 Å². The van der Waals surface area contributed by atoms with Crippen molar-refractivity contribution in [2.75, 3.05) is 18.8 Å². The number of nitrogens with one attached hydrogen (secondary N) is 3. The number of fused-ring (bicyclic) bond motifs is 2. The molecule has 0 aromatic carbocycles. The van der Waals surface area contributed by atoms with Gasteiger partial charge in [0.05, 0.1) is 5.75 Å². The van der Waals surface area contributed by atoms with Gasteiger partial charge in [-0.2, -0.15) is 0 Å². The number of rotatable bonds is 7. The van der Waals surface area contributed by atoms with Gasteiger partial charge in [-0.3, -0.25) is 4.79 Å². The lowest BCUT2D eigenvalue weighted by Crippen LogP contribution is -2.40. The first kappa shape index (κ1) is 15.7. The molecular weight excluding hydrogens is 278 g/mol. The second-order valence-electron chi connectivity index (χ2n) is 5.83. The van der Waals surface area contributed by atoms with E-state index in [9.17, 15) is 13.2 Å². The first-order valence-electron chi connectivity index (χ1n) is 7.48. The number of piperidine rings is 1. The maximum atomic E-state index is 11.8. The van der Waals surface area contributed by atoms with Gasteiger partial charge in [-0.1, -0.05) is 0 Å². The van der Waals surface area contributed by atoms with Crippen molar-refractivity contribution in [3.05, 3.63) is 0 Å². The van der Waals surface area contributed by atoms with Gasteiger partial charge in [-0.15, -0.1) is 0 Å². The quantitative estimate of drug-likeness (QED) is 0.576. The van der Waals surface area contributed by atoms with Crippen LogP contribution in [0.1, 0.15) is 39.0 Å². The van der Waals surface area contributed by atoms with Gasteiger partial charge < -0.3 is 10.6 Å². The van der Waals surface area contributed by atoms with Crippen molar-refractivity contribution in [3.63, 3.8) is 0 Å². The van der Waals surface area contributed by atoms with Gasteiger partial charge in [0.25, 0.3) is 0 Å². The highest BCUT2D eigenvalue weighted by molar-refractivity contribution is 7.89. The molecule has 20 heavy (non-hydrogen) atoms. The smallest absolute Gasteiger partial charge is 0.220 e. The molecule has 116 valence electrons. The van der Waals surface area contributed by atoms with Gasteiger partial charge in [-0.25, -0.2) is 13.1 Å². The summed E-state index contributed by atoms with van der Waals surface area (Å²) in [5.74, 6) is 0.576. The lowest BCUT2D eigenvalue weighted by Gasteiger charge is -2.28. The van der Waals surface area contributed by atoms with Crippen molar-refractivity contribution < 1.29 is 13.2 Å². The molecule has 6 nitrogen and oxygen atoms in total. The average Bonchev–Trinajstić information content (AvgIpc) is 2.74. The summed E-state index contributed by atoms with van der Waals surface area (Å²) in [5.41, 5.74) is 0. The number of hydrogen-bond donors (Lipinski definition) is 3. The van der Waals surface area contributed by atoms with Crippen LogP contribution in [-0.2, 0) is 14.8 Å². The fourth-order valence-corrected chi connectivity index (χ4v) is 3.80. The van der Waals surface area contributed by atoms with E-state index in [2.05, 4.69) is 15.4 Å². The number of amides is 1. The van der Waals surface area contributed by atoms with Crippen molar-refractivity contribution in [3.8, 4) is 0 Å². The van der Waals surface area contributed by atoms with Crippen LogP contribution in [0, 0.1) is 5.92 Å². The van der Waals surface area contributed by atoms with Crippen LogP contribution in [0.3, 0.4) is 0 Å². The Labute approximate surface area is 121 Å². The summed E-state index contributed by atoms with van der Waals surface area (Å²) in [7, 11) is -3.16. The number of hydrogen-bond acceptors (Lipinski definition) is 4. The molecule has 0 spiro atoms. The molecule has 0 saturated carbocycles. The van der Waals surface area contributed by atoms with E-state index in [0.29, 0.717) is 31.0 Å². The van der Waals surface area contributed by atoms with Gasteiger partial charge in [0.1, 0.15) is 0 Å².